The van der Waals surface area contributed by atoms with Gasteiger partial charge in [0.25, 0.3) is 11.8 Å². The predicted molar refractivity (Wildman–Crippen MR) is 120 cm³/mol. The zero-order chi connectivity index (χ0) is 23.8. The number of halogens is 2. The molecule has 172 valence electrons. The fourth-order valence-corrected chi connectivity index (χ4v) is 3.81. The van der Waals surface area contributed by atoms with Crippen molar-refractivity contribution in [3.05, 3.63) is 64.9 Å². The van der Waals surface area contributed by atoms with Crippen LogP contribution < -0.4 is 4.90 Å². The molecule has 7 nitrogen and oxygen atoms in total. The highest BCUT2D eigenvalue weighted by molar-refractivity contribution is 6.30. The molecule has 0 aromatic heterocycles. The van der Waals surface area contributed by atoms with Gasteiger partial charge < -0.3 is 14.5 Å². The molecule has 0 saturated carbocycles. The molecule has 1 fully saturated rings. The van der Waals surface area contributed by atoms with Gasteiger partial charge in [-0.15, -0.1) is 0 Å². The quantitative estimate of drug-likeness (QED) is 0.572. The number of rotatable bonds is 7. The maximum absolute atomic E-state index is 13.1. The largest absolute Gasteiger partial charge is 0.455 e. The number of nitriles is 1. The van der Waals surface area contributed by atoms with E-state index in [1.807, 2.05) is 6.07 Å². The van der Waals surface area contributed by atoms with Crippen molar-refractivity contribution in [1.29, 1.82) is 5.26 Å². The monoisotopic (exact) mass is 471 g/mol. The molecule has 33 heavy (non-hydrogen) atoms. The lowest BCUT2D eigenvalue weighted by atomic mass is 9.96. The van der Waals surface area contributed by atoms with Crippen LogP contribution in [0.5, 0.6) is 0 Å². The van der Waals surface area contributed by atoms with Crippen molar-refractivity contribution in [1.82, 2.24) is 4.90 Å². The summed E-state index contributed by atoms with van der Waals surface area (Å²) in [7, 11) is 0. The number of anilines is 1. The molecule has 0 N–H and O–H groups in total. The number of carbonyl (C=O) groups excluding carboxylic acids is 3. The lowest BCUT2D eigenvalue weighted by Crippen LogP contribution is -2.41. The molecule has 1 aliphatic heterocycles. The molecule has 1 aliphatic rings. The first-order valence-corrected chi connectivity index (χ1v) is 10.9. The summed E-state index contributed by atoms with van der Waals surface area (Å²) in [6, 6.07) is 14.0. The summed E-state index contributed by atoms with van der Waals surface area (Å²) in [6.07, 6.45) is 0.936. The van der Waals surface area contributed by atoms with Crippen molar-refractivity contribution in [2.24, 2.45) is 5.92 Å². The Morgan fingerprint density at radius 3 is 2.48 bits per heavy atom. The Morgan fingerprint density at radius 1 is 1.15 bits per heavy atom. The lowest BCUT2D eigenvalue weighted by molar-refractivity contribution is -0.153. The number of ether oxygens (including phenoxy) is 1. The molecule has 0 spiro atoms. The molecule has 0 bridgehead atoms. The van der Waals surface area contributed by atoms with Gasteiger partial charge in [-0.1, -0.05) is 17.7 Å². The van der Waals surface area contributed by atoms with E-state index in [-0.39, 0.29) is 18.9 Å². The standard InChI is InChI=1S/C24H23ClFN3O4/c25-19-3-1-4-21(15-19)29(12-2-11-27)22(30)16-33-24(32)18-9-13-28(14-10-18)23(31)17-5-7-20(26)8-6-17/h1,3-8,15,18H,2,9-10,12-14,16H2. The summed E-state index contributed by atoms with van der Waals surface area (Å²) in [5.74, 6) is -2.00. The van der Waals surface area contributed by atoms with Crippen LogP contribution >= 0.6 is 11.6 Å². The Balaban J connectivity index is 1.51. The minimum atomic E-state index is -0.497. The maximum Gasteiger partial charge on any atom is 0.309 e. The zero-order valence-electron chi connectivity index (χ0n) is 17.9. The number of benzene rings is 2. The molecule has 9 heteroatoms. The molecular formula is C24H23ClFN3O4. The van der Waals surface area contributed by atoms with Crippen LogP contribution in [0.3, 0.4) is 0 Å². The number of piperidine rings is 1. The average Bonchev–Trinajstić information content (AvgIpc) is 2.83. The van der Waals surface area contributed by atoms with Gasteiger partial charge in [0.05, 0.1) is 18.4 Å². The van der Waals surface area contributed by atoms with Gasteiger partial charge in [-0.25, -0.2) is 4.39 Å². The average molecular weight is 472 g/mol. The summed E-state index contributed by atoms with van der Waals surface area (Å²) in [5, 5.41) is 9.33. The highest BCUT2D eigenvalue weighted by Gasteiger charge is 2.29. The number of esters is 1. The van der Waals surface area contributed by atoms with Gasteiger partial charge >= 0.3 is 5.97 Å². The van der Waals surface area contributed by atoms with E-state index in [1.54, 1.807) is 29.2 Å². The summed E-state index contributed by atoms with van der Waals surface area (Å²) < 4.78 is 18.3. The van der Waals surface area contributed by atoms with E-state index in [0.717, 1.165) is 0 Å². The van der Waals surface area contributed by atoms with Gasteiger partial charge in [-0.2, -0.15) is 5.26 Å². The number of carbonyl (C=O) groups is 3. The molecule has 0 aliphatic carbocycles. The van der Waals surface area contributed by atoms with E-state index in [4.69, 9.17) is 21.6 Å². The van der Waals surface area contributed by atoms with Crippen molar-refractivity contribution >= 4 is 35.1 Å². The predicted octanol–water partition coefficient (Wildman–Crippen LogP) is 3.82. The fourth-order valence-electron chi connectivity index (χ4n) is 3.63. The normalized spacial score (nSPS) is 13.8. The molecule has 3 rings (SSSR count). The summed E-state index contributed by atoms with van der Waals surface area (Å²) in [5.41, 5.74) is 0.910. The van der Waals surface area contributed by atoms with E-state index in [1.165, 1.54) is 29.2 Å². The summed E-state index contributed by atoms with van der Waals surface area (Å²) in [4.78, 5) is 40.7. The van der Waals surface area contributed by atoms with E-state index in [9.17, 15) is 18.8 Å². The second-order valence-corrected chi connectivity index (χ2v) is 8.05. The highest BCUT2D eigenvalue weighted by atomic mass is 35.5. The molecule has 1 saturated heterocycles. The van der Waals surface area contributed by atoms with Gasteiger partial charge in [0, 0.05) is 35.9 Å². The van der Waals surface area contributed by atoms with Crippen molar-refractivity contribution in [3.63, 3.8) is 0 Å². The Labute approximate surface area is 196 Å². The molecule has 0 atom stereocenters. The lowest BCUT2D eigenvalue weighted by Gasteiger charge is -2.31. The highest BCUT2D eigenvalue weighted by Crippen LogP contribution is 2.22. The number of hydrogen-bond donors (Lipinski definition) is 0. The first-order valence-electron chi connectivity index (χ1n) is 10.5. The Bertz CT molecular complexity index is 1050. The zero-order valence-corrected chi connectivity index (χ0v) is 18.6. The fraction of sp³-hybridized carbons (Fsp3) is 0.333. The van der Waals surface area contributed by atoms with E-state index in [0.29, 0.717) is 42.2 Å². The van der Waals surface area contributed by atoms with Gasteiger partial charge in [0.2, 0.25) is 0 Å². The van der Waals surface area contributed by atoms with Crippen molar-refractivity contribution in [2.45, 2.75) is 19.3 Å². The number of amides is 2. The Hall–Kier alpha value is -3.44. The van der Waals surface area contributed by atoms with Gasteiger partial charge in [-0.3, -0.25) is 14.4 Å². The first-order chi connectivity index (χ1) is 15.9. The van der Waals surface area contributed by atoms with E-state index in [2.05, 4.69) is 0 Å². The minimum Gasteiger partial charge on any atom is -0.455 e. The second-order valence-electron chi connectivity index (χ2n) is 7.61. The van der Waals surface area contributed by atoms with Gasteiger partial charge in [0.15, 0.2) is 6.61 Å². The number of nitrogens with zero attached hydrogens (tertiary/aromatic N) is 3. The van der Waals surface area contributed by atoms with E-state index < -0.39 is 30.2 Å². The Morgan fingerprint density at radius 2 is 1.85 bits per heavy atom. The molecule has 2 amide bonds. The van der Waals surface area contributed by atoms with Crippen LogP contribution in [0.15, 0.2) is 48.5 Å². The smallest absolute Gasteiger partial charge is 0.309 e. The van der Waals surface area contributed by atoms with Crippen molar-refractivity contribution < 1.29 is 23.5 Å². The van der Waals surface area contributed by atoms with Crippen LogP contribution in [0.2, 0.25) is 5.02 Å². The molecule has 2 aromatic rings. The molecular weight excluding hydrogens is 449 g/mol. The van der Waals surface area contributed by atoms with Crippen LogP contribution in [-0.4, -0.2) is 48.9 Å². The second kappa shape index (κ2) is 11.4. The topological polar surface area (TPSA) is 90.7 Å². The maximum atomic E-state index is 13.1. The third-order valence-corrected chi connectivity index (χ3v) is 5.65. The van der Waals surface area contributed by atoms with Crippen LogP contribution in [-0.2, 0) is 14.3 Å². The SMILES string of the molecule is N#CCCN(C(=O)COC(=O)C1CCN(C(=O)c2ccc(F)cc2)CC1)c1cccc(Cl)c1. The van der Waals surface area contributed by atoms with Crippen LogP contribution in [0, 0.1) is 23.1 Å². The number of likely N-dealkylation sites (tertiary alicyclic amines) is 1. The Kier molecular flexibility index (Phi) is 8.39. The molecule has 0 radical (unpaired) electrons. The molecule has 0 unspecified atom stereocenters. The van der Waals surface area contributed by atoms with Gasteiger partial charge in [-0.05, 0) is 55.3 Å². The van der Waals surface area contributed by atoms with Crippen molar-refractivity contribution in [3.8, 4) is 6.07 Å². The first kappa shape index (κ1) is 24.2. The van der Waals surface area contributed by atoms with Gasteiger partial charge in [0.1, 0.15) is 5.82 Å². The van der Waals surface area contributed by atoms with E-state index >= 15 is 0 Å². The minimum absolute atomic E-state index is 0.118. The summed E-state index contributed by atoms with van der Waals surface area (Å²) in [6.45, 7) is 0.421. The summed E-state index contributed by atoms with van der Waals surface area (Å²) >= 11 is 6.00. The third-order valence-electron chi connectivity index (χ3n) is 5.41. The van der Waals surface area contributed by atoms with Crippen molar-refractivity contribution in [2.75, 3.05) is 31.1 Å². The van der Waals surface area contributed by atoms with Crippen LogP contribution in [0.1, 0.15) is 29.6 Å². The van der Waals surface area contributed by atoms with Crippen LogP contribution in [0.4, 0.5) is 10.1 Å². The van der Waals surface area contributed by atoms with Crippen LogP contribution in [0.25, 0.3) is 0 Å². The third kappa shape index (κ3) is 6.53. The molecule has 2 aromatic carbocycles. The number of hydrogen-bond acceptors (Lipinski definition) is 5. The molecule has 1 heterocycles.